The van der Waals surface area contributed by atoms with Gasteiger partial charge in [0.2, 0.25) is 0 Å². The van der Waals surface area contributed by atoms with Gasteiger partial charge in [0.1, 0.15) is 6.61 Å². The summed E-state index contributed by atoms with van der Waals surface area (Å²) in [6, 6.07) is 14.5. The van der Waals surface area contributed by atoms with Crippen LogP contribution in [0, 0.1) is 11.8 Å². The molecule has 1 fully saturated rings. The molecule has 1 unspecified atom stereocenters. The van der Waals surface area contributed by atoms with E-state index < -0.39 is 0 Å². The van der Waals surface area contributed by atoms with Gasteiger partial charge in [-0.25, -0.2) is 0 Å². The van der Waals surface area contributed by atoms with Crippen LogP contribution in [-0.2, 0) is 19.4 Å². The second-order valence-corrected chi connectivity index (χ2v) is 8.93. The number of piperidine rings is 1. The van der Waals surface area contributed by atoms with Crippen molar-refractivity contribution in [2.24, 2.45) is 0 Å². The smallest absolute Gasteiger partial charge is 0.104 e. The molecule has 4 rings (SSSR count). The normalized spacial score (nSPS) is 20.5. The summed E-state index contributed by atoms with van der Waals surface area (Å²) < 4.78 is 0. The molecular weight excluding hydrogens is 352 g/mol. The first-order chi connectivity index (χ1) is 13.2. The van der Waals surface area contributed by atoms with E-state index in [1.807, 2.05) is 0 Å². The van der Waals surface area contributed by atoms with Crippen LogP contribution in [0.3, 0.4) is 0 Å². The maximum Gasteiger partial charge on any atom is 0.104 e. The highest BCUT2D eigenvalue weighted by molar-refractivity contribution is 7.12. The van der Waals surface area contributed by atoms with Crippen molar-refractivity contribution < 1.29 is 5.11 Å². The quantitative estimate of drug-likeness (QED) is 0.826. The summed E-state index contributed by atoms with van der Waals surface area (Å²) in [5.74, 6) is 5.75. The van der Waals surface area contributed by atoms with Crippen molar-refractivity contribution in [3.05, 3.63) is 57.3 Å². The number of likely N-dealkylation sites (N-methyl/N-ethyl adjacent to an activating group) is 1. The van der Waals surface area contributed by atoms with Gasteiger partial charge in [-0.05, 0) is 62.5 Å². The lowest BCUT2D eigenvalue weighted by molar-refractivity contribution is 0.0840. The predicted octanol–water partition coefficient (Wildman–Crippen LogP) is 3.16. The molecular formula is C23H28N2OS. The zero-order valence-corrected chi connectivity index (χ0v) is 16.8. The van der Waals surface area contributed by atoms with Crippen LogP contribution < -0.4 is 0 Å². The molecule has 0 radical (unpaired) electrons. The fraction of sp³-hybridized carbons (Fsp3) is 0.478. The molecule has 2 aliphatic rings. The van der Waals surface area contributed by atoms with Gasteiger partial charge in [0.05, 0.1) is 4.88 Å². The van der Waals surface area contributed by atoms with Crippen LogP contribution in [0.2, 0.25) is 0 Å². The number of benzene rings is 1. The minimum absolute atomic E-state index is 0.0733. The molecule has 0 bridgehead atoms. The first-order valence-electron chi connectivity index (χ1n) is 9.92. The summed E-state index contributed by atoms with van der Waals surface area (Å²) in [5, 5.41) is 8.84. The van der Waals surface area contributed by atoms with Crippen LogP contribution >= 0.6 is 11.3 Å². The minimum atomic E-state index is -0.0733. The monoisotopic (exact) mass is 380 g/mol. The second-order valence-electron chi connectivity index (χ2n) is 7.76. The van der Waals surface area contributed by atoms with Crippen LogP contribution in [0.1, 0.15) is 33.7 Å². The first kappa shape index (κ1) is 18.7. The molecule has 1 aromatic carbocycles. The molecule has 1 aliphatic heterocycles. The Hall–Kier alpha value is -1.64. The Labute approximate surface area is 166 Å². The topological polar surface area (TPSA) is 26.7 Å². The lowest BCUT2D eigenvalue weighted by atomic mass is 10.0. The molecule has 1 aliphatic carbocycles. The number of nitrogens with zero attached hydrogens (tertiary/aromatic N) is 2. The van der Waals surface area contributed by atoms with E-state index in [4.69, 9.17) is 5.11 Å². The second kappa shape index (κ2) is 8.58. The summed E-state index contributed by atoms with van der Waals surface area (Å²) in [5.41, 5.74) is 3.10. The van der Waals surface area contributed by atoms with Gasteiger partial charge in [0.25, 0.3) is 0 Å². The fourth-order valence-corrected chi connectivity index (χ4v) is 5.45. The van der Waals surface area contributed by atoms with Crippen molar-refractivity contribution in [1.82, 2.24) is 9.80 Å². The van der Waals surface area contributed by atoms with Crippen LogP contribution in [-0.4, -0.2) is 53.7 Å². The lowest BCUT2D eigenvalue weighted by Gasteiger charge is -2.40. The van der Waals surface area contributed by atoms with Gasteiger partial charge < -0.3 is 5.11 Å². The van der Waals surface area contributed by atoms with E-state index >= 15 is 0 Å². The zero-order chi connectivity index (χ0) is 18.6. The van der Waals surface area contributed by atoms with Crippen molar-refractivity contribution >= 4 is 11.3 Å². The van der Waals surface area contributed by atoms with E-state index in [9.17, 15) is 0 Å². The number of aliphatic hydroxyl groups excluding tert-OH is 1. The van der Waals surface area contributed by atoms with Crippen molar-refractivity contribution in [3.8, 4) is 11.8 Å². The van der Waals surface area contributed by atoms with Crippen LogP contribution in [0.15, 0.2) is 36.4 Å². The molecule has 4 heteroatoms. The Balaban J connectivity index is 1.35. The number of rotatable bonds is 4. The number of likely N-dealkylation sites (tertiary alicyclic amines) is 1. The molecule has 2 aromatic rings. The third-order valence-corrected chi connectivity index (χ3v) is 6.94. The number of fused-ring (bicyclic) bond motifs is 1. The maximum atomic E-state index is 8.84. The maximum absolute atomic E-state index is 8.84. The molecule has 27 heavy (non-hydrogen) atoms. The number of aliphatic hydroxyl groups is 1. The highest BCUT2D eigenvalue weighted by Gasteiger charge is 2.31. The Kier molecular flexibility index (Phi) is 5.95. The van der Waals surface area contributed by atoms with Crippen molar-refractivity contribution in [3.63, 3.8) is 0 Å². The third kappa shape index (κ3) is 4.44. The van der Waals surface area contributed by atoms with Crippen LogP contribution in [0.4, 0.5) is 0 Å². The Bertz CT molecular complexity index is 809. The van der Waals surface area contributed by atoms with E-state index in [1.54, 1.807) is 22.5 Å². The largest absolute Gasteiger partial charge is 0.384 e. The first-order valence-corrected chi connectivity index (χ1v) is 10.7. The van der Waals surface area contributed by atoms with Gasteiger partial charge in [0.15, 0.2) is 0 Å². The Morgan fingerprint density at radius 3 is 2.70 bits per heavy atom. The molecule has 0 saturated carbocycles. The SMILES string of the molecule is CN(Cc1ccc(C#CCO)s1)C1CCCN(C2Cc3ccccc3C2)C1. The number of thiophene rings is 1. The fourth-order valence-electron chi connectivity index (χ4n) is 4.50. The molecule has 2 heterocycles. The van der Waals surface area contributed by atoms with Gasteiger partial charge in [-0.15, -0.1) is 11.3 Å². The van der Waals surface area contributed by atoms with Crippen molar-refractivity contribution in [2.75, 3.05) is 26.7 Å². The van der Waals surface area contributed by atoms with Gasteiger partial charge in [-0.1, -0.05) is 36.1 Å². The highest BCUT2D eigenvalue weighted by atomic mass is 32.1. The molecule has 3 nitrogen and oxygen atoms in total. The van der Waals surface area contributed by atoms with Crippen molar-refractivity contribution in [1.29, 1.82) is 0 Å². The van der Waals surface area contributed by atoms with Gasteiger partial charge in [-0.3, -0.25) is 9.80 Å². The summed E-state index contributed by atoms with van der Waals surface area (Å²) in [6.45, 7) is 3.32. The summed E-state index contributed by atoms with van der Waals surface area (Å²) in [6.07, 6.45) is 5.00. The molecule has 1 saturated heterocycles. The van der Waals surface area contributed by atoms with Crippen LogP contribution in [0.5, 0.6) is 0 Å². The summed E-state index contributed by atoms with van der Waals surface area (Å²) in [4.78, 5) is 7.65. The molecule has 0 spiro atoms. The van der Waals surface area contributed by atoms with E-state index in [1.165, 1.54) is 43.6 Å². The lowest BCUT2D eigenvalue weighted by Crippen LogP contribution is -2.50. The van der Waals surface area contributed by atoms with Gasteiger partial charge in [0, 0.05) is 30.1 Å². The molecule has 1 aromatic heterocycles. The van der Waals surface area contributed by atoms with Crippen LogP contribution in [0.25, 0.3) is 0 Å². The molecule has 1 atom stereocenters. The molecule has 142 valence electrons. The third-order valence-electron chi connectivity index (χ3n) is 5.95. The van der Waals surface area contributed by atoms with E-state index in [-0.39, 0.29) is 6.61 Å². The Morgan fingerprint density at radius 2 is 1.96 bits per heavy atom. The van der Waals surface area contributed by atoms with Gasteiger partial charge in [-0.2, -0.15) is 0 Å². The minimum Gasteiger partial charge on any atom is -0.384 e. The summed E-state index contributed by atoms with van der Waals surface area (Å²) >= 11 is 1.74. The number of hydrogen-bond acceptors (Lipinski definition) is 4. The zero-order valence-electron chi connectivity index (χ0n) is 16.0. The molecule has 1 N–H and O–H groups in total. The number of hydrogen-bond donors (Lipinski definition) is 1. The highest BCUT2D eigenvalue weighted by Crippen LogP contribution is 2.29. The standard InChI is InChI=1S/C23H28N2OS/c1-24(17-23-11-10-22(27-23)9-5-13-26)20-8-4-12-25(16-20)21-14-18-6-2-3-7-19(18)15-21/h2-3,6-7,10-11,20-21,26H,4,8,12-17H2,1H3. The molecule has 0 amide bonds. The average molecular weight is 381 g/mol. The van der Waals surface area contributed by atoms with E-state index in [2.05, 4.69) is 65.1 Å². The summed E-state index contributed by atoms with van der Waals surface area (Å²) in [7, 11) is 2.26. The average Bonchev–Trinajstić information content (AvgIpc) is 3.33. The van der Waals surface area contributed by atoms with E-state index in [0.29, 0.717) is 12.1 Å². The van der Waals surface area contributed by atoms with E-state index in [0.717, 1.165) is 11.4 Å². The Morgan fingerprint density at radius 1 is 1.19 bits per heavy atom. The predicted molar refractivity (Wildman–Crippen MR) is 112 cm³/mol. The van der Waals surface area contributed by atoms with Crippen molar-refractivity contribution in [2.45, 2.75) is 44.3 Å². The van der Waals surface area contributed by atoms with Gasteiger partial charge >= 0.3 is 0 Å².